The molecule has 0 saturated carbocycles. The summed E-state index contributed by atoms with van der Waals surface area (Å²) in [6.45, 7) is 0. The zero-order chi connectivity index (χ0) is 32.4. The molecule has 0 bridgehead atoms. The van der Waals surface area contributed by atoms with Crippen molar-refractivity contribution in [2.75, 3.05) is 0 Å². The van der Waals surface area contributed by atoms with Gasteiger partial charge in [0.15, 0.2) is 0 Å². The van der Waals surface area contributed by atoms with Gasteiger partial charge in [0.2, 0.25) is 0 Å². The van der Waals surface area contributed by atoms with Crippen LogP contribution in [-0.4, -0.2) is 0 Å². The second kappa shape index (κ2) is 14.5. The van der Waals surface area contributed by atoms with Crippen LogP contribution in [0.3, 0.4) is 0 Å². The molecule has 0 amide bonds. The minimum Gasteiger partial charge on any atom is -0.0622 e. The van der Waals surface area contributed by atoms with E-state index in [0.29, 0.717) is 0 Å². The summed E-state index contributed by atoms with van der Waals surface area (Å²) >= 11 is 0. The minimum absolute atomic E-state index is 0.894. The fourth-order valence-electron chi connectivity index (χ4n) is 5.77. The molecule has 7 aromatic rings. The lowest BCUT2D eigenvalue weighted by Crippen LogP contribution is -2.03. The molecule has 7 rings (SSSR count). The van der Waals surface area contributed by atoms with Crippen molar-refractivity contribution in [1.29, 1.82) is 0 Å². The summed E-state index contributed by atoms with van der Waals surface area (Å²) in [5, 5.41) is 0. The number of hydrogen-bond acceptors (Lipinski definition) is 0. The lowest BCUT2D eigenvalue weighted by molar-refractivity contribution is 1.48. The number of hydrogen-bond donors (Lipinski definition) is 0. The van der Waals surface area contributed by atoms with Gasteiger partial charge < -0.3 is 0 Å². The third-order valence-corrected chi connectivity index (χ3v) is 8.00. The van der Waals surface area contributed by atoms with Gasteiger partial charge in [-0.3, -0.25) is 0 Å². The Morgan fingerprint density at radius 1 is 0.208 bits per heavy atom. The maximum atomic E-state index is 3.67. The molecule has 0 aliphatic rings. The second-order valence-corrected chi connectivity index (χ2v) is 11.2. The Morgan fingerprint density at radius 3 is 0.646 bits per heavy atom. The first-order valence-electron chi connectivity index (χ1n) is 16.0. The molecule has 0 heteroatoms. The molecular formula is C48H30. The van der Waals surface area contributed by atoms with Crippen molar-refractivity contribution >= 4 is 0 Å². The molecule has 48 heavy (non-hydrogen) atoms. The highest BCUT2D eigenvalue weighted by molar-refractivity contribution is 5.98. The van der Waals surface area contributed by atoms with E-state index in [1.807, 2.05) is 109 Å². The Hall–Kier alpha value is -6.78. The highest BCUT2D eigenvalue weighted by Crippen LogP contribution is 2.44. The standard InChI is InChI=1S/C48H30/c1-7-19-37(20-8-1)31-34-43-46(40-25-13-4-14-26-40)44(35-32-38-21-9-2-10-22-38)48(42-29-17-6-18-30-42)45(36-33-39-23-11-3-12-24-39)47(43)41-27-15-5-16-28-41/h1-30H. The topological polar surface area (TPSA) is 0 Å². The minimum atomic E-state index is 0.894. The van der Waals surface area contributed by atoms with Crippen LogP contribution in [0.15, 0.2) is 182 Å². The van der Waals surface area contributed by atoms with Crippen molar-refractivity contribution in [2.45, 2.75) is 0 Å². The molecule has 0 fully saturated rings. The zero-order valence-corrected chi connectivity index (χ0v) is 26.3. The highest BCUT2D eigenvalue weighted by Gasteiger charge is 2.25. The van der Waals surface area contributed by atoms with Gasteiger partial charge in [0.1, 0.15) is 0 Å². The van der Waals surface area contributed by atoms with E-state index in [4.69, 9.17) is 0 Å². The molecule has 0 aliphatic heterocycles. The predicted octanol–water partition coefficient (Wildman–Crippen LogP) is 10.9. The van der Waals surface area contributed by atoms with Crippen LogP contribution in [0, 0.1) is 35.5 Å². The van der Waals surface area contributed by atoms with Gasteiger partial charge in [-0.2, -0.15) is 0 Å². The summed E-state index contributed by atoms with van der Waals surface area (Å²) in [5.41, 5.74) is 11.6. The van der Waals surface area contributed by atoms with E-state index >= 15 is 0 Å². The number of benzene rings is 7. The van der Waals surface area contributed by atoms with Gasteiger partial charge in [-0.15, -0.1) is 0 Å². The summed E-state index contributed by atoms with van der Waals surface area (Å²) in [4.78, 5) is 0. The van der Waals surface area contributed by atoms with Gasteiger partial charge in [0, 0.05) is 50.1 Å². The SMILES string of the molecule is C(#Cc1c(-c2ccccc2)c(C#Cc2ccccc2)c(-c2ccccc2)c(C#Cc2ccccc2)c1-c1ccccc1)c1ccccc1. The van der Waals surface area contributed by atoms with Crippen molar-refractivity contribution in [3.8, 4) is 68.9 Å². The van der Waals surface area contributed by atoms with Crippen LogP contribution in [0.25, 0.3) is 33.4 Å². The molecule has 222 valence electrons. The maximum Gasteiger partial charge on any atom is 0.0431 e. The first-order valence-corrected chi connectivity index (χ1v) is 16.0. The smallest absolute Gasteiger partial charge is 0.0431 e. The molecule has 0 aromatic heterocycles. The van der Waals surface area contributed by atoms with Crippen LogP contribution >= 0.6 is 0 Å². The summed E-state index contributed by atoms with van der Waals surface area (Å²) in [5.74, 6) is 21.5. The molecule has 0 spiro atoms. The van der Waals surface area contributed by atoms with E-state index in [0.717, 1.165) is 66.8 Å². The maximum absolute atomic E-state index is 3.67. The van der Waals surface area contributed by atoms with Crippen molar-refractivity contribution in [3.63, 3.8) is 0 Å². The molecule has 0 saturated heterocycles. The van der Waals surface area contributed by atoms with Crippen LogP contribution in [0.5, 0.6) is 0 Å². The quantitative estimate of drug-likeness (QED) is 0.176. The molecule has 0 nitrogen and oxygen atoms in total. The van der Waals surface area contributed by atoms with E-state index in [2.05, 4.69) is 108 Å². The molecule has 0 atom stereocenters. The van der Waals surface area contributed by atoms with Gasteiger partial charge in [-0.05, 0) is 53.1 Å². The van der Waals surface area contributed by atoms with E-state index in [1.54, 1.807) is 0 Å². The Bertz CT molecular complexity index is 2040. The first-order chi connectivity index (χ1) is 23.8. The van der Waals surface area contributed by atoms with Crippen molar-refractivity contribution in [2.24, 2.45) is 0 Å². The van der Waals surface area contributed by atoms with Gasteiger partial charge in [0.25, 0.3) is 0 Å². The van der Waals surface area contributed by atoms with Gasteiger partial charge >= 0.3 is 0 Å². The average Bonchev–Trinajstić information content (AvgIpc) is 3.17. The van der Waals surface area contributed by atoms with E-state index in [1.165, 1.54) is 0 Å². The molecular weight excluding hydrogens is 577 g/mol. The van der Waals surface area contributed by atoms with E-state index in [-0.39, 0.29) is 0 Å². The van der Waals surface area contributed by atoms with Crippen molar-refractivity contribution in [1.82, 2.24) is 0 Å². The lowest BCUT2D eigenvalue weighted by Gasteiger charge is -2.21. The molecule has 0 N–H and O–H groups in total. The molecule has 0 radical (unpaired) electrons. The summed E-state index contributed by atoms with van der Waals surface area (Å²) < 4.78 is 0. The molecule has 7 aromatic carbocycles. The fraction of sp³-hybridized carbons (Fsp3) is 0. The zero-order valence-electron chi connectivity index (χ0n) is 26.3. The monoisotopic (exact) mass is 606 g/mol. The molecule has 0 heterocycles. The van der Waals surface area contributed by atoms with Crippen LogP contribution < -0.4 is 0 Å². The van der Waals surface area contributed by atoms with E-state index < -0.39 is 0 Å². The summed E-state index contributed by atoms with van der Waals surface area (Å²) in [7, 11) is 0. The van der Waals surface area contributed by atoms with Crippen LogP contribution in [0.1, 0.15) is 33.4 Å². The van der Waals surface area contributed by atoms with Gasteiger partial charge in [-0.25, -0.2) is 0 Å². The Morgan fingerprint density at radius 2 is 0.417 bits per heavy atom. The lowest BCUT2D eigenvalue weighted by atomic mass is 9.79. The van der Waals surface area contributed by atoms with Gasteiger partial charge in [0.05, 0.1) is 0 Å². The predicted molar refractivity (Wildman–Crippen MR) is 200 cm³/mol. The third kappa shape index (κ3) is 6.74. The summed E-state index contributed by atoms with van der Waals surface area (Å²) in [6, 6.07) is 61.9. The Kier molecular flexibility index (Phi) is 9.06. The molecule has 0 aliphatic carbocycles. The largest absolute Gasteiger partial charge is 0.0622 e. The Balaban J connectivity index is 1.70. The average molecular weight is 607 g/mol. The summed E-state index contributed by atoms with van der Waals surface area (Å²) in [6.07, 6.45) is 0. The fourth-order valence-corrected chi connectivity index (χ4v) is 5.77. The Labute approximate surface area is 283 Å². The van der Waals surface area contributed by atoms with Gasteiger partial charge in [-0.1, -0.05) is 181 Å². The third-order valence-electron chi connectivity index (χ3n) is 8.00. The normalized spacial score (nSPS) is 10.0. The second-order valence-electron chi connectivity index (χ2n) is 11.2. The van der Waals surface area contributed by atoms with Crippen LogP contribution in [-0.2, 0) is 0 Å². The first kappa shape index (κ1) is 29.9. The highest BCUT2D eigenvalue weighted by atomic mass is 14.3. The van der Waals surface area contributed by atoms with E-state index in [9.17, 15) is 0 Å². The van der Waals surface area contributed by atoms with Crippen molar-refractivity contribution < 1.29 is 0 Å². The number of rotatable bonds is 3. The van der Waals surface area contributed by atoms with Crippen LogP contribution in [0.4, 0.5) is 0 Å². The molecule has 0 unspecified atom stereocenters. The van der Waals surface area contributed by atoms with Crippen LogP contribution in [0.2, 0.25) is 0 Å². The van der Waals surface area contributed by atoms with Crippen molar-refractivity contribution in [3.05, 3.63) is 215 Å².